The number of rotatable bonds is 4. The number of nitrogens with one attached hydrogen (secondary N) is 1. The molecule has 0 aliphatic carbocycles. The highest BCUT2D eigenvalue weighted by Crippen LogP contribution is 2.15. The van der Waals surface area contributed by atoms with Gasteiger partial charge in [0.05, 0.1) is 18.1 Å². The summed E-state index contributed by atoms with van der Waals surface area (Å²) in [4.78, 5) is 11.4. The molecular weight excluding hydrogens is 244 g/mol. The van der Waals surface area contributed by atoms with Crippen LogP contribution in [0.5, 0.6) is 0 Å². The quantitative estimate of drug-likeness (QED) is 0.901. The summed E-state index contributed by atoms with van der Waals surface area (Å²) in [6.07, 6.45) is 5.04. The van der Waals surface area contributed by atoms with E-state index in [1.54, 1.807) is 0 Å². The van der Waals surface area contributed by atoms with E-state index in [0.717, 1.165) is 31.1 Å². The van der Waals surface area contributed by atoms with Gasteiger partial charge in [-0.2, -0.15) is 11.8 Å². The second-order valence-electron chi connectivity index (χ2n) is 4.85. The molecule has 0 radical (unpaired) electrons. The standard InChI is InChI=1S/C13H22N4S/c1-11(2)14-8-12-9-16-13(10-15-12)17-4-3-6-18-7-5-17/h9-11,14H,3-8H2,1-2H3. The number of thioether (sulfide) groups is 1. The van der Waals surface area contributed by atoms with E-state index >= 15 is 0 Å². The molecule has 2 rings (SSSR count). The second kappa shape index (κ2) is 6.95. The fourth-order valence-electron chi connectivity index (χ4n) is 1.89. The summed E-state index contributed by atoms with van der Waals surface area (Å²) in [5.41, 5.74) is 1.01. The number of aromatic nitrogens is 2. The first-order chi connectivity index (χ1) is 8.75. The molecule has 1 aromatic heterocycles. The lowest BCUT2D eigenvalue weighted by Gasteiger charge is -2.20. The van der Waals surface area contributed by atoms with E-state index in [1.165, 1.54) is 17.9 Å². The molecule has 1 aliphatic rings. The maximum Gasteiger partial charge on any atom is 0.147 e. The minimum Gasteiger partial charge on any atom is -0.354 e. The van der Waals surface area contributed by atoms with Gasteiger partial charge in [0.25, 0.3) is 0 Å². The third kappa shape index (κ3) is 4.14. The Morgan fingerprint density at radius 3 is 2.89 bits per heavy atom. The largest absolute Gasteiger partial charge is 0.354 e. The minimum atomic E-state index is 0.481. The number of hydrogen-bond donors (Lipinski definition) is 1. The molecule has 1 aromatic rings. The van der Waals surface area contributed by atoms with Crippen LogP contribution in [0.25, 0.3) is 0 Å². The molecule has 2 heterocycles. The van der Waals surface area contributed by atoms with E-state index in [0.29, 0.717) is 6.04 Å². The predicted octanol–water partition coefficient (Wildman–Crippen LogP) is 1.92. The maximum absolute atomic E-state index is 4.54. The monoisotopic (exact) mass is 266 g/mol. The van der Waals surface area contributed by atoms with Crippen LogP contribution in [-0.4, -0.2) is 40.6 Å². The van der Waals surface area contributed by atoms with Gasteiger partial charge in [-0.3, -0.25) is 4.98 Å². The van der Waals surface area contributed by atoms with Crippen LogP contribution >= 0.6 is 11.8 Å². The van der Waals surface area contributed by atoms with Crippen molar-refractivity contribution in [3.63, 3.8) is 0 Å². The van der Waals surface area contributed by atoms with Gasteiger partial charge in [0.2, 0.25) is 0 Å². The van der Waals surface area contributed by atoms with Gasteiger partial charge in [-0.15, -0.1) is 0 Å². The lowest BCUT2D eigenvalue weighted by Crippen LogP contribution is -2.27. The van der Waals surface area contributed by atoms with E-state index in [9.17, 15) is 0 Å². The zero-order valence-corrected chi connectivity index (χ0v) is 12.0. The first-order valence-corrected chi connectivity index (χ1v) is 7.78. The van der Waals surface area contributed by atoms with Gasteiger partial charge in [-0.05, 0) is 12.2 Å². The van der Waals surface area contributed by atoms with Crippen molar-refractivity contribution in [3.8, 4) is 0 Å². The zero-order valence-electron chi connectivity index (χ0n) is 11.2. The van der Waals surface area contributed by atoms with E-state index in [4.69, 9.17) is 0 Å². The molecule has 1 N–H and O–H groups in total. The average Bonchev–Trinajstić information content (AvgIpc) is 2.66. The topological polar surface area (TPSA) is 41.1 Å². The Morgan fingerprint density at radius 2 is 2.17 bits per heavy atom. The van der Waals surface area contributed by atoms with Crippen LogP contribution in [-0.2, 0) is 6.54 Å². The van der Waals surface area contributed by atoms with Crippen molar-refractivity contribution >= 4 is 17.6 Å². The summed E-state index contributed by atoms with van der Waals surface area (Å²) < 4.78 is 0. The fourth-order valence-corrected chi connectivity index (χ4v) is 2.77. The molecule has 0 saturated carbocycles. The van der Waals surface area contributed by atoms with Crippen molar-refractivity contribution in [2.45, 2.75) is 32.9 Å². The van der Waals surface area contributed by atoms with Gasteiger partial charge >= 0.3 is 0 Å². The average molecular weight is 266 g/mol. The lowest BCUT2D eigenvalue weighted by atomic mass is 10.3. The molecule has 0 aromatic carbocycles. The summed E-state index contributed by atoms with van der Waals surface area (Å²) in [7, 11) is 0. The fraction of sp³-hybridized carbons (Fsp3) is 0.692. The van der Waals surface area contributed by atoms with E-state index in [-0.39, 0.29) is 0 Å². The van der Waals surface area contributed by atoms with Gasteiger partial charge in [-0.1, -0.05) is 13.8 Å². The normalized spacial score (nSPS) is 16.9. The summed E-state index contributed by atoms with van der Waals surface area (Å²) in [5, 5.41) is 3.35. The molecule has 0 spiro atoms. The zero-order chi connectivity index (χ0) is 12.8. The van der Waals surface area contributed by atoms with Crippen molar-refractivity contribution in [2.24, 2.45) is 0 Å². The van der Waals surface area contributed by atoms with E-state index in [1.807, 2.05) is 24.2 Å². The SMILES string of the molecule is CC(C)NCc1cnc(N2CCCSCC2)cn1. The number of hydrogen-bond acceptors (Lipinski definition) is 5. The van der Waals surface area contributed by atoms with Gasteiger partial charge in [0.15, 0.2) is 0 Å². The van der Waals surface area contributed by atoms with Crippen LogP contribution in [0.2, 0.25) is 0 Å². The van der Waals surface area contributed by atoms with Crippen LogP contribution in [0.15, 0.2) is 12.4 Å². The molecule has 0 unspecified atom stereocenters. The maximum atomic E-state index is 4.54. The summed E-state index contributed by atoms with van der Waals surface area (Å²) in [5.74, 6) is 3.48. The first-order valence-electron chi connectivity index (χ1n) is 6.62. The Balaban J connectivity index is 1.93. The molecule has 0 atom stereocenters. The third-order valence-electron chi connectivity index (χ3n) is 2.93. The van der Waals surface area contributed by atoms with Crippen molar-refractivity contribution in [2.75, 3.05) is 29.5 Å². The number of nitrogens with zero attached hydrogens (tertiary/aromatic N) is 3. The molecule has 5 heteroatoms. The Morgan fingerprint density at radius 1 is 1.28 bits per heavy atom. The van der Waals surface area contributed by atoms with Crippen LogP contribution < -0.4 is 10.2 Å². The smallest absolute Gasteiger partial charge is 0.147 e. The highest BCUT2D eigenvalue weighted by atomic mass is 32.2. The Hall–Kier alpha value is -0.810. The highest BCUT2D eigenvalue weighted by molar-refractivity contribution is 7.99. The van der Waals surface area contributed by atoms with Gasteiger partial charge < -0.3 is 10.2 Å². The van der Waals surface area contributed by atoms with E-state index in [2.05, 4.69) is 34.0 Å². The number of anilines is 1. The molecule has 0 bridgehead atoms. The summed E-state index contributed by atoms with van der Waals surface area (Å²) >= 11 is 2.03. The van der Waals surface area contributed by atoms with E-state index < -0.39 is 0 Å². The van der Waals surface area contributed by atoms with Crippen LogP contribution in [0.3, 0.4) is 0 Å². The summed E-state index contributed by atoms with van der Waals surface area (Å²) in [6, 6.07) is 0.481. The molecule has 1 fully saturated rings. The van der Waals surface area contributed by atoms with Crippen molar-refractivity contribution in [1.29, 1.82) is 0 Å². The predicted molar refractivity (Wildman–Crippen MR) is 78.2 cm³/mol. The molecule has 0 amide bonds. The highest BCUT2D eigenvalue weighted by Gasteiger charge is 2.11. The van der Waals surface area contributed by atoms with Gasteiger partial charge in [0, 0.05) is 31.4 Å². The Labute approximate surface area is 114 Å². The van der Waals surface area contributed by atoms with Gasteiger partial charge in [-0.25, -0.2) is 4.98 Å². The molecule has 18 heavy (non-hydrogen) atoms. The molecule has 1 saturated heterocycles. The molecular formula is C13H22N4S. The Kier molecular flexibility index (Phi) is 5.26. The molecule has 4 nitrogen and oxygen atoms in total. The van der Waals surface area contributed by atoms with Gasteiger partial charge in [0.1, 0.15) is 5.82 Å². The van der Waals surface area contributed by atoms with Crippen LogP contribution in [0.1, 0.15) is 26.0 Å². The van der Waals surface area contributed by atoms with Crippen molar-refractivity contribution in [3.05, 3.63) is 18.1 Å². The van der Waals surface area contributed by atoms with Crippen LogP contribution in [0.4, 0.5) is 5.82 Å². The van der Waals surface area contributed by atoms with Crippen LogP contribution in [0, 0.1) is 0 Å². The minimum absolute atomic E-state index is 0.481. The van der Waals surface area contributed by atoms with Crippen molar-refractivity contribution < 1.29 is 0 Å². The summed E-state index contributed by atoms with van der Waals surface area (Å²) in [6.45, 7) is 7.25. The second-order valence-corrected chi connectivity index (χ2v) is 6.08. The first kappa shape index (κ1) is 13.6. The van der Waals surface area contributed by atoms with Crippen molar-refractivity contribution in [1.82, 2.24) is 15.3 Å². The molecule has 100 valence electrons. The third-order valence-corrected chi connectivity index (χ3v) is 3.98. The lowest BCUT2D eigenvalue weighted by molar-refractivity contribution is 0.580. The molecule has 1 aliphatic heterocycles. The Bertz CT molecular complexity index is 345.